The van der Waals surface area contributed by atoms with E-state index in [1.54, 1.807) is 0 Å². The zero-order chi connectivity index (χ0) is 9.30. The largest absolute Gasteiger partial charge is 0.507 e. The van der Waals surface area contributed by atoms with Crippen molar-refractivity contribution in [2.45, 2.75) is 4.90 Å². The summed E-state index contributed by atoms with van der Waals surface area (Å²) >= 11 is 3.67. The number of phenolic OH excluding ortho intramolecular Hbond substituents is 2. The van der Waals surface area contributed by atoms with E-state index in [-0.39, 0.29) is 10.6 Å². The summed E-state index contributed by atoms with van der Waals surface area (Å²) in [4.78, 5) is 9.24. The van der Waals surface area contributed by atoms with Crippen molar-refractivity contribution in [1.82, 2.24) is 0 Å². The molecule has 1 aromatic carbocycles. The lowest BCUT2D eigenvalue weighted by Crippen LogP contribution is -1.90. The van der Waals surface area contributed by atoms with Gasteiger partial charge in [-0.25, -0.2) is 0 Å². The van der Waals surface area contributed by atoms with E-state index in [4.69, 9.17) is 10.2 Å². The average molecular weight is 187 g/mol. The van der Waals surface area contributed by atoms with Gasteiger partial charge in [0.25, 0.3) is 0 Å². The first kappa shape index (κ1) is 8.66. The number of thiol groups is 1. The fourth-order valence-electron chi connectivity index (χ4n) is 0.738. The minimum absolute atomic E-state index is 0.236. The molecule has 0 aliphatic heterocycles. The molecular weight excluding hydrogens is 182 g/mol. The van der Waals surface area contributed by atoms with Gasteiger partial charge >= 0.3 is 5.69 Å². The summed E-state index contributed by atoms with van der Waals surface area (Å²) in [5.74, 6) is -0.842. The lowest BCUT2D eigenvalue weighted by molar-refractivity contribution is -0.388. The first-order valence-electron chi connectivity index (χ1n) is 2.92. The Morgan fingerprint density at radius 1 is 1.33 bits per heavy atom. The Morgan fingerprint density at radius 3 is 2.25 bits per heavy atom. The molecule has 0 saturated heterocycles. The quantitative estimate of drug-likeness (QED) is 0.268. The second-order valence-corrected chi connectivity index (χ2v) is 2.51. The Hall–Kier alpha value is -1.43. The summed E-state index contributed by atoms with van der Waals surface area (Å²) in [6.07, 6.45) is 0. The number of hydrogen-bond donors (Lipinski definition) is 3. The predicted molar refractivity (Wildman–Crippen MR) is 43.7 cm³/mol. The molecule has 0 unspecified atom stereocenters. The molecular formula is C6H5NO4S. The molecule has 64 valence electrons. The van der Waals surface area contributed by atoms with Gasteiger partial charge in [-0.2, -0.15) is 0 Å². The standard InChI is InChI=1S/C6H5NO4S/c8-3-1-2-4(9)6(12)5(3)7(10)11/h1-2,8-9,12H. The smallest absolute Gasteiger partial charge is 0.327 e. The van der Waals surface area contributed by atoms with E-state index in [0.717, 1.165) is 12.1 Å². The molecule has 0 heterocycles. The Balaban J connectivity index is 3.43. The number of aromatic hydroxyl groups is 2. The van der Waals surface area contributed by atoms with Crippen LogP contribution < -0.4 is 0 Å². The molecule has 0 radical (unpaired) electrons. The predicted octanol–water partition coefficient (Wildman–Crippen LogP) is 1.29. The lowest BCUT2D eigenvalue weighted by Gasteiger charge is -2.00. The molecule has 0 atom stereocenters. The molecule has 0 aliphatic carbocycles. The van der Waals surface area contributed by atoms with Crippen LogP contribution in [-0.2, 0) is 0 Å². The van der Waals surface area contributed by atoms with Crippen LogP contribution in [0.25, 0.3) is 0 Å². The third-order valence-electron chi connectivity index (χ3n) is 1.29. The van der Waals surface area contributed by atoms with Crippen molar-refractivity contribution >= 4 is 18.3 Å². The second kappa shape index (κ2) is 2.90. The van der Waals surface area contributed by atoms with E-state index in [1.807, 2.05) is 0 Å². The second-order valence-electron chi connectivity index (χ2n) is 2.06. The van der Waals surface area contributed by atoms with Crippen LogP contribution in [0.1, 0.15) is 0 Å². The number of nitro groups is 1. The van der Waals surface area contributed by atoms with Gasteiger partial charge in [-0.3, -0.25) is 10.1 Å². The van der Waals surface area contributed by atoms with Crippen LogP contribution >= 0.6 is 12.6 Å². The minimum Gasteiger partial charge on any atom is -0.507 e. The van der Waals surface area contributed by atoms with Gasteiger partial charge < -0.3 is 10.2 Å². The molecule has 0 saturated carbocycles. The molecule has 6 heteroatoms. The number of nitrogens with zero attached hydrogens (tertiary/aromatic N) is 1. The van der Waals surface area contributed by atoms with E-state index in [2.05, 4.69) is 12.6 Å². The third-order valence-corrected chi connectivity index (χ3v) is 1.73. The van der Waals surface area contributed by atoms with Crippen LogP contribution in [0.15, 0.2) is 17.0 Å². The van der Waals surface area contributed by atoms with Crippen molar-refractivity contribution in [1.29, 1.82) is 0 Å². The lowest BCUT2D eigenvalue weighted by atomic mass is 10.3. The summed E-state index contributed by atoms with van der Waals surface area (Å²) in [5, 5.41) is 28.2. The average Bonchev–Trinajstić information content (AvgIpc) is 1.97. The number of benzene rings is 1. The summed E-state index contributed by atoms with van der Waals surface area (Å²) in [5.41, 5.74) is -0.585. The summed E-state index contributed by atoms with van der Waals surface area (Å²) in [6, 6.07) is 2.16. The molecule has 0 amide bonds. The van der Waals surface area contributed by atoms with Crippen molar-refractivity contribution in [3.63, 3.8) is 0 Å². The van der Waals surface area contributed by atoms with Gasteiger partial charge in [0, 0.05) is 0 Å². The Morgan fingerprint density at radius 2 is 1.83 bits per heavy atom. The maximum absolute atomic E-state index is 10.3. The van der Waals surface area contributed by atoms with Crippen LogP contribution in [0.4, 0.5) is 5.69 Å². The van der Waals surface area contributed by atoms with Gasteiger partial charge in [-0.1, -0.05) is 0 Å². The molecule has 0 aliphatic rings. The molecule has 0 fully saturated rings. The Kier molecular flexibility index (Phi) is 2.09. The monoisotopic (exact) mass is 187 g/mol. The van der Waals surface area contributed by atoms with Crippen molar-refractivity contribution in [3.05, 3.63) is 22.2 Å². The molecule has 0 aromatic heterocycles. The van der Waals surface area contributed by atoms with Crippen LogP contribution in [-0.4, -0.2) is 15.1 Å². The molecule has 1 rings (SSSR count). The highest BCUT2D eigenvalue weighted by Gasteiger charge is 2.20. The topological polar surface area (TPSA) is 83.6 Å². The molecule has 2 N–H and O–H groups in total. The molecule has 5 nitrogen and oxygen atoms in total. The number of rotatable bonds is 1. The number of nitro benzene ring substituents is 1. The van der Waals surface area contributed by atoms with Gasteiger partial charge in [0.15, 0.2) is 5.75 Å². The maximum atomic E-state index is 10.3. The van der Waals surface area contributed by atoms with Crippen molar-refractivity contribution in [2.24, 2.45) is 0 Å². The SMILES string of the molecule is O=[N+]([O-])c1c(O)ccc(O)c1S. The van der Waals surface area contributed by atoms with E-state index in [9.17, 15) is 10.1 Å². The van der Waals surface area contributed by atoms with Crippen molar-refractivity contribution < 1.29 is 15.1 Å². The first-order valence-corrected chi connectivity index (χ1v) is 3.37. The number of phenols is 2. The van der Waals surface area contributed by atoms with E-state index < -0.39 is 16.4 Å². The summed E-state index contributed by atoms with van der Waals surface area (Å²) < 4.78 is 0. The van der Waals surface area contributed by atoms with Crippen LogP contribution in [0.3, 0.4) is 0 Å². The summed E-state index contributed by atoms with van der Waals surface area (Å²) in [7, 11) is 0. The van der Waals surface area contributed by atoms with Gasteiger partial charge in [-0.15, -0.1) is 12.6 Å². The van der Waals surface area contributed by atoms with E-state index >= 15 is 0 Å². The highest BCUT2D eigenvalue weighted by atomic mass is 32.1. The maximum Gasteiger partial charge on any atom is 0.327 e. The minimum atomic E-state index is -0.808. The Bertz CT molecular complexity index is 339. The molecule has 0 bridgehead atoms. The molecule has 0 spiro atoms. The highest BCUT2D eigenvalue weighted by Crippen LogP contribution is 2.37. The van der Waals surface area contributed by atoms with Gasteiger partial charge in [0.2, 0.25) is 0 Å². The number of hydrogen-bond acceptors (Lipinski definition) is 5. The van der Waals surface area contributed by atoms with Gasteiger partial charge in [0.05, 0.1) is 4.92 Å². The molecule has 12 heavy (non-hydrogen) atoms. The zero-order valence-corrected chi connectivity index (χ0v) is 6.65. The normalized spacial score (nSPS) is 9.75. The van der Waals surface area contributed by atoms with Crippen molar-refractivity contribution in [3.8, 4) is 11.5 Å². The van der Waals surface area contributed by atoms with E-state index in [1.165, 1.54) is 0 Å². The fourth-order valence-corrected chi connectivity index (χ4v) is 1.01. The van der Waals surface area contributed by atoms with E-state index in [0.29, 0.717) is 0 Å². The Labute approximate surface area is 72.8 Å². The van der Waals surface area contributed by atoms with Gasteiger partial charge in [0.1, 0.15) is 10.6 Å². The van der Waals surface area contributed by atoms with Gasteiger partial charge in [-0.05, 0) is 12.1 Å². The fraction of sp³-hybridized carbons (Fsp3) is 0. The molecule has 1 aromatic rings. The highest BCUT2D eigenvalue weighted by molar-refractivity contribution is 7.80. The van der Waals surface area contributed by atoms with Crippen molar-refractivity contribution in [2.75, 3.05) is 0 Å². The van der Waals surface area contributed by atoms with Crippen LogP contribution in [0, 0.1) is 10.1 Å². The first-order chi connectivity index (χ1) is 5.54. The summed E-state index contributed by atoms with van der Waals surface area (Å²) in [6.45, 7) is 0. The van der Waals surface area contributed by atoms with Crippen LogP contribution in [0.5, 0.6) is 11.5 Å². The third kappa shape index (κ3) is 1.28. The van der Waals surface area contributed by atoms with Crippen LogP contribution in [0.2, 0.25) is 0 Å². The zero-order valence-electron chi connectivity index (χ0n) is 5.76.